The van der Waals surface area contributed by atoms with Crippen molar-refractivity contribution in [1.29, 1.82) is 5.26 Å². The van der Waals surface area contributed by atoms with E-state index in [0.29, 0.717) is 23.6 Å². The Labute approximate surface area is 172 Å². The molecule has 1 amide bonds. The number of quaternary nitrogens is 1. The molecule has 0 radical (unpaired) electrons. The minimum Gasteiger partial charge on any atom is -0.355 e. The Bertz CT molecular complexity index is 869. The number of rotatable bonds is 8. The van der Waals surface area contributed by atoms with Gasteiger partial charge in [-0.1, -0.05) is 38.3 Å². The molecule has 29 heavy (non-hydrogen) atoms. The predicted molar refractivity (Wildman–Crippen MR) is 114 cm³/mol. The van der Waals surface area contributed by atoms with Gasteiger partial charge in [0.05, 0.1) is 50.3 Å². The zero-order valence-electron chi connectivity index (χ0n) is 17.4. The summed E-state index contributed by atoms with van der Waals surface area (Å²) in [6, 6.07) is 9.80. The van der Waals surface area contributed by atoms with E-state index < -0.39 is 5.92 Å². The number of nitrogens with zero attached hydrogens (tertiary/aromatic N) is 4. The molecule has 0 bridgehead atoms. The smallest absolute Gasteiger partial charge is 0.243 e. The first-order chi connectivity index (χ1) is 14.1. The van der Waals surface area contributed by atoms with Crippen molar-refractivity contribution in [3.63, 3.8) is 0 Å². The number of fused-ring (bicyclic) bond motifs is 1. The maximum Gasteiger partial charge on any atom is 0.243 e. The number of nitriles is 1. The molecule has 1 atom stereocenters. The van der Waals surface area contributed by atoms with Gasteiger partial charge in [0, 0.05) is 6.54 Å². The van der Waals surface area contributed by atoms with Crippen LogP contribution in [0.25, 0.3) is 11.0 Å². The van der Waals surface area contributed by atoms with Crippen LogP contribution >= 0.6 is 0 Å². The number of anilines is 1. The maximum absolute atomic E-state index is 12.8. The van der Waals surface area contributed by atoms with Crippen LogP contribution in [0.2, 0.25) is 0 Å². The Hall–Kier alpha value is -2.72. The van der Waals surface area contributed by atoms with Crippen LogP contribution in [-0.2, 0) is 4.79 Å². The highest BCUT2D eigenvalue weighted by atomic mass is 16.1. The van der Waals surface area contributed by atoms with E-state index in [-0.39, 0.29) is 5.91 Å². The molecule has 1 aromatic heterocycles. The number of amides is 1. The van der Waals surface area contributed by atoms with E-state index in [2.05, 4.69) is 30.3 Å². The summed E-state index contributed by atoms with van der Waals surface area (Å²) in [6.07, 6.45) is 4.31. The van der Waals surface area contributed by atoms with Gasteiger partial charge in [-0.15, -0.1) is 0 Å². The minimum absolute atomic E-state index is 0.283. The summed E-state index contributed by atoms with van der Waals surface area (Å²) in [6.45, 7) is 6.41. The van der Waals surface area contributed by atoms with E-state index in [1.165, 1.54) is 4.90 Å². The second-order valence-corrected chi connectivity index (χ2v) is 7.78. The molecule has 154 valence electrons. The molecule has 1 fully saturated rings. The SMILES string of the molecule is CCCCCCNC(=O)[C@H](C#N)c1nc2ccccc2nc1N1CC[NH+](C)CC1. The lowest BCUT2D eigenvalue weighted by molar-refractivity contribution is -0.880. The molecular weight excluding hydrogens is 364 g/mol. The second-order valence-electron chi connectivity index (χ2n) is 7.78. The molecule has 1 aromatic carbocycles. The highest BCUT2D eigenvalue weighted by Crippen LogP contribution is 2.27. The molecule has 7 heteroatoms. The molecule has 3 rings (SSSR count). The number of carbonyl (C=O) groups is 1. The quantitative estimate of drug-likeness (QED) is 0.658. The van der Waals surface area contributed by atoms with Crippen LogP contribution in [0.3, 0.4) is 0 Å². The summed E-state index contributed by atoms with van der Waals surface area (Å²) >= 11 is 0. The Morgan fingerprint density at radius 3 is 2.55 bits per heavy atom. The Balaban J connectivity index is 1.87. The third-order valence-electron chi connectivity index (χ3n) is 5.49. The fraction of sp³-hybridized carbons (Fsp3) is 0.545. The zero-order valence-corrected chi connectivity index (χ0v) is 17.4. The maximum atomic E-state index is 12.8. The lowest BCUT2D eigenvalue weighted by Crippen LogP contribution is -3.12. The van der Waals surface area contributed by atoms with Gasteiger partial charge in [0.15, 0.2) is 11.7 Å². The number of aromatic nitrogens is 2. The van der Waals surface area contributed by atoms with Crippen molar-refractivity contribution >= 4 is 22.8 Å². The van der Waals surface area contributed by atoms with Crippen LogP contribution in [0.1, 0.15) is 44.2 Å². The molecule has 0 saturated carbocycles. The highest BCUT2D eigenvalue weighted by Gasteiger charge is 2.30. The van der Waals surface area contributed by atoms with Gasteiger partial charge in [-0.25, -0.2) is 9.97 Å². The molecule has 1 aliphatic rings. The van der Waals surface area contributed by atoms with Crippen molar-refractivity contribution in [2.75, 3.05) is 44.7 Å². The third kappa shape index (κ3) is 5.21. The number of piperazine rings is 1. The van der Waals surface area contributed by atoms with E-state index in [4.69, 9.17) is 9.97 Å². The van der Waals surface area contributed by atoms with Crippen LogP contribution in [-0.4, -0.2) is 55.6 Å². The number of likely N-dealkylation sites (N-methyl/N-ethyl adjacent to an activating group) is 1. The van der Waals surface area contributed by atoms with Gasteiger partial charge >= 0.3 is 0 Å². The van der Waals surface area contributed by atoms with Crippen LogP contribution in [0.4, 0.5) is 5.82 Å². The molecule has 1 aliphatic heterocycles. The van der Waals surface area contributed by atoms with Gasteiger partial charge in [0.2, 0.25) is 5.91 Å². The van der Waals surface area contributed by atoms with Gasteiger partial charge < -0.3 is 15.1 Å². The first-order valence-corrected chi connectivity index (χ1v) is 10.6. The number of hydrogen-bond donors (Lipinski definition) is 2. The normalized spacial score (nSPS) is 15.8. The van der Waals surface area contributed by atoms with Gasteiger partial charge in [0.1, 0.15) is 5.69 Å². The van der Waals surface area contributed by atoms with Crippen molar-refractivity contribution in [2.45, 2.75) is 38.5 Å². The molecule has 2 aromatic rings. The van der Waals surface area contributed by atoms with Crippen molar-refractivity contribution in [3.05, 3.63) is 30.0 Å². The molecule has 0 spiro atoms. The highest BCUT2D eigenvalue weighted by molar-refractivity contribution is 5.88. The van der Waals surface area contributed by atoms with E-state index in [0.717, 1.165) is 57.4 Å². The van der Waals surface area contributed by atoms with E-state index in [1.54, 1.807) is 0 Å². The number of carbonyl (C=O) groups excluding carboxylic acids is 1. The van der Waals surface area contributed by atoms with Gasteiger partial charge in [-0.2, -0.15) is 5.26 Å². The molecule has 7 nitrogen and oxygen atoms in total. The fourth-order valence-corrected chi connectivity index (χ4v) is 3.64. The minimum atomic E-state index is -0.958. The number of unbranched alkanes of at least 4 members (excludes halogenated alkanes) is 3. The summed E-state index contributed by atoms with van der Waals surface area (Å²) in [5, 5.41) is 12.8. The van der Waals surface area contributed by atoms with Crippen LogP contribution in [0.15, 0.2) is 24.3 Å². The van der Waals surface area contributed by atoms with Crippen molar-refractivity contribution in [3.8, 4) is 6.07 Å². The average Bonchev–Trinajstić information content (AvgIpc) is 2.74. The molecule has 2 heterocycles. The lowest BCUT2D eigenvalue weighted by Gasteiger charge is -2.32. The summed E-state index contributed by atoms with van der Waals surface area (Å²) < 4.78 is 0. The van der Waals surface area contributed by atoms with E-state index >= 15 is 0 Å². The van der Waals surface area contributed by atoms with Crippen molar-refractivity contribution in [1.82, 2.24) is 15.3 Å². The summed E-state index contributed by atoms with van der Waals surface area (Å²) in [5.41, 5.74) is 1.97. The number of hydrogen-bond acceptors (Lipinski definition) is 5. The standard InChI is InChI=1S/C22H30N6O/c1-3-4-5-8-11-24-22(29)17(16-23)20-21(28-14-12-27(2)13-15-28)26-19-10-7-6-9-18(19)25-20/h6-7,9-10,17H,3-5,8,11-15H2,1-2H3,(H,24,29)/p+1/t17-/m1/s1. The number of para-hydroxylation sites is 2. The summed E-state index contributed by atoms with van der Waals surface area (Å²) in [4.78, 5) is 26.0. The predicted octanol–water partition coefficient (Wildman–Crippen LogP) is 1.27. The van der Waals surface area contributed by atoms with Gasteiger partial charge in [-0.3, -0.25) is 4.79 Å². The Morgan fingerprint density at radius 1 is 1.21 bits per heavy atom. The molecule has 0 aliphatic carbocycles. The number of nitrogens with one attached hydrogen (secondary N) is 2. The van der Waals surface area contributed by atoms with Crippen molar-refractivity contribution in [2.24, 2.45) is 0 Å². The van der Waals surface area contributed by atoms with E-state index in [9.17, 15) is 10.1 Å². The molecule has 1 saturated heterocycles. The lowest BCUT2D eigenvalue weighted by atomic mass is 10.0. The molecule has 2 N–H and O–H groups in total. The Morgan fingerprint density at radius 2 is 1.90 bits per heavy atom. The second kappa shape index (κ2) is 10.2. The Kier molecular flexibility index (Phi) is 7.36. The first-order valence-electron chi connectivity index (χ1n) is 10.6. The van der Waals surface area contributed by atoms with Gasteiger partial charge in [0.25, 0.3) is 0 Å². The molecule has 0 unspecified atom stereocenters. The topological polar surface area (TPSA) is 86.3 Å². The zero-order chi connectivity index (χ0) is 20.6. The molecular formula is C22H31N6O+. The first kappa shape index (κ1) is 21.0. The average molecular weight is 396 g/mol. The monoisotopic (exact) mass is 395 g/mol. The summed E-state index contributed by atoms with van der Waals surface area (Å²) in [7, 11) is 2.17. The number of benzene rings is 1. The summed E-state index contributed by atoms with van der Waals surface area (Å²) in [5.74, 6) is -0.571. The van der Waals surface area contributed by atoms with E-state index in [1.807, 2.05) is 24.3 Å². The fourth-order valence-electron chi connectivity index (χ4n) is 3.64. The third-order valence-corrected chi connectivity index (χ3v) is 5.49. The van der Waals surface area contributed by atoms with Crippen LogP contribution in [0, 0.1) is 11.3 Å². The van der Waals surface area contributed by atoms with Gasteiger partial charge in [-0.05, 0) is 18.6 Å². The van der Waals surface area contributed by atoms with Crippen LogP contribution < -0.4 is 15.1 Å². The largest absolute Gasteiger partial charge is 0.355 e. The van der Waals surface area contributed by atoms with Crippen LogP contribution in [0.5, 0.6) is 0 Å². The van der Waals surface area contributed by atoms with Crippen molar-refractivity contribution < 1.29 is 9.69 Å².